The van der Waals surface area contributed by atoms with Gasteiger partial charge in [-0.2, -0.15) is 0 Å². The van der Waals surface area contributed by atoms with E-state index in [1.165, 1.54) is 13.8 Å². The van der Waals surface area contributed by atoms with Crippen LogP contribution >= 0.6 is 0 Å². The molecule has 0 heterocycles. The van der Waals surface area contributed by atoms with Crippen LogP contribution < -0.4 is 0 Å². The second-order valence-electron chi connectivity index (χ2n) is 4.70. The van der Waals surface area contributed by atoms with Crippen molar-refractivity contribution in [2.24, 2.45) is 5.92 Å². The first-order valence-corrected chi connectivity index (χ1v) is 6.26. The Morgan fingerprint density at radius 1 is 1.24 bits per heavy atom. The number of ketones is 3. The summed E-state index contributed by atoms with van der Waals surface area (Å²) in [5.41, 5.74) is 1.10. The molecule has 0 aliphatic heterocycles. The zero-order chi connectivity index (χ0) is 13.0. The molecule has 1 atom stereocenters. The van der Waals surface area contributed by atoms with Gasteiger partial charge < -0.3 is 0 Å². The molecule has 3 heteroatoms. The maximum atomic E-state index is 11.8. The highest BCUT2D eigenvalue weighted by atomic mass is 16.1. The molecule has 0 saturated heterocycles. The number of unbranched alkanes of at least 4 members (excludes halogenated alkanes) is 2. The molecular weight excluding hydrogens is 216 g/mol. The molecule has 0 saturated carbocycles. The largest absolute Gasteiger partial charge is 0.299 e. The third-order valence-corrected chi connectivity index (χ3v) is 3.30. The summed E-state index contributed by atoms with van der Waals surface area (Å²) in [6.45, 7) is 4.99. The van der Waals surface area contributed by atoms with Crippen LogP contribution in [0.25, 0.3) is 0 Å². The van der Waals surface area contributed by atoms with E-state index >= 15 is 0 Å². The number of rotatable bonds is 6. The van der Waals surface area contributed by atoms with Crippen LogP contribution in [-0.4, -0.2) is 17.3 Å². The zero-order valence-corrected chi connectivity index (χ0v) is 10.8. The number of carbonyl (C=O) groups excluding carboxylic acids is 3. The molecule has 0 aromatic rings. The van der Waals surface area contributed by atoms with Crippen LogP contribution in [0, 0.1) is 5.92 Å². The maximum absolute atomic E-state index is 11.8. The zero-order valence-electron chi connectivity index (χ0n) is 10.8. The van der Waals surface area contributed by atoms with E-state index in [0.717, 1.165) is 19.3 Å². The Labute approximate surface area is 102 Å². The predicted molar refractivity (Wildman–Crippen MR) is 65.6 cm³/mol. The Morgan fingerprint density at radius 2 is 1.88 bits per heavy atom. The van der Waals surface area contributed by atoms with Crippen molar-refractivity contribution >= 4 is 17.3 Å². The number of carbonyl (C=O) groups is 3. The van der Waals surface area contributed by atoms with E-state index in [1.807, 2.05) is 0 Å². The lowest BCUT2D eigenvalue weighted by atomic mass is 9.93. The van der Waals surface area contributed by atoms with Crippen molar-refractivity contribution in [3.63, 3.8) is 0 Å². The van der Waals surface area contributed by atoms with Gasteiger partial charge in [0, 0.05) is 17.6 Å². The van der Waals surface area contributed by atoms with Crippen LogP contribution in [0.15, 0.2) is 11.1 Å². The smallest absolute Gasteiger partial charge is 0.160 e. The Kier molecular flexibility index (Phi) is 4.79. The second-order valence-corrected chi connectivity index (χ2v) is 4.70. The molecule has 1 aliphatic rings. The van der Waals surface area contributed by atoms with Crippen molar-refractivity contribution < 1.29 is 14.4 Å². The minimum absolute atomic E-state index is 0.00787. The average Bonchev–Trinajstić information content (AvgIpc) is 2.57. The molecule has 1 unspecified atom stereocenters. The van der Waals surface area contributed by atoms with Crippen LogP contribution in [0.4, 0.5) is 0 Å². The molecule has 0 aromatic carbocycles. The van der Waals surface area contributed by atoms with Gasteiger partial charge in [0.1, 0.15) is 5.78 Å². The Morgan fingerprint density at radius 3 is 2.35 bits per heavy atom. The first kappa shape index (κ1) is 13.8. The third-order valence-electron chi connectivity index (χ3n) is 3.30. The normalized spacial score (nSPS) is 19.9. The summed E-state index contributed by atoms with van der Waals surface area (Å²) in [6, 6.07) is 0. The average molecular weight is 236 g/mol. The topological polar surface area (TPSA) is 51.2 Å². The number of hydrogen-bond donors (Lipinski definition) is 0. The van der Waals surface area contributed by atoms with Gasteiger partial charge >= 0.3 is 0 Å². The van der Waals surface area contributed by atoms with E-state index in [9.17, 15) is 14.4 Å². The van der Waals surface area contributed by atoms with Gasteiger partial charge in [-0.15, -0.1) is 0 Å². The van der Waals surface area contributed by atoms with Crippen molar-refractivity contribution in [1.82, 2.24) is 0 Å². The van der Waals surface area contributed by atoms with Gasteiger partial charge in [0.15, 0.2) is 11.6 Å². The highest BCUT2D eigenvalue weighted by Crippen LogP contribution is 2.33. The first-order chi connectivity index (χ1) is 7.99. The van der Waals surface area contributed by atoms with Crippen molar-refractivity contribution in [1.29, 1.82) is 0 Å². The van der Waals surface area contributed by atoms with Gasteiger partial charge in [0.25, 0.3) is 0 Å². The predicted octanol–water partition coefficient (Wildman–Crippen LogP) is 2.63. The summed E-state index contributed by atoms with van der Waals surface area (Å²) in [4.78, 5) is 34.9. The lowest BCUT2D eigenvalue weighted by molar-refractivity contribution is -0.124. The number of hydrogen-bond acceptors (Lipinski definition) is 3. The van der Waals surface area contributed by atoms with E-state index in [4.69, 9.17) is 0 Å². The van der Waals surface area contributed by atoms with Crippen molar-refractivity contribution in [3.05, 3.63) is 11.1 Å². The minimum atomic E-state index is -0.475. The van der Waals surface area contributed by atoms with E-state index in [2.05, 4.69) is 6.92 Å². The third kappa shape index (κ3) is 3.11. The fraction of sp³-hybridized carbons (Fsp3) is 0.643. The van der Waals surface area contributed by atoms with Gasteiger partial charge in [0.2, 0.25) is 0 Å². The summed E-state index contributed by atoms with van der Waals surface area (Å²) in [7, 11) is 0. The van der Waals surface area contributed by atoms with Crippen LogP contribution in [0.2, 0.25) is 0 Å². The summed E-state index contributed by atoms with van der Waals surface area (Å²) < 4.78 is 0. The van der Waals surface area contributed by atoms with Gasteiger partial charge in [0.05, 0.1) is 5.92 Å². The lowest BCUT2D eigenvalue weighted by Crippen LogP contribution is -2.15. The maximum Gasteiger partial charge on any atom is 0.160 e. The van der Waals surface area contributed by atoms with Crippen LogP contribution in [0.5, 0.6) is 0 Å². The van der Waals surface area contributed by atoms with Gasteiger partial charge in [-0.3, -0.25) is 14.4 Å². The molecule has 0 bridgehead atoms. The summed E-state index contributed by atoms with van der Waals surface area (Å²) in [6.07, 6.45) is 3.88. The Hall–Kier alpha value is -1.25. The minimum Gasteiger partial charge on any atom is -0.299 e. The highest BCUT2D eigenvalue weighted by Gasteiger charge is 2.36. The van der Waals surface area contributed by atoms with Crippen LogP contribution in [-0.2, 0) is 14.4 Å². The molecule has 17 heavy (non-hydrogen) atoms. The van der Waals surface area contributed by atoms with Gasteiger partial charge in [-0.05, 0) is 26.7 Å². The SMILES string of the molecule is CCCCCC1=C(C(C)=O)C(C(C)=O)CC1=O. The van der Waals surface area contributed by atoms with Crippen molar-refractivity contribution in [2.45, 2.75) is 52.9 Å². The van der Waals surface area contributed by atoms with E-state index in [1.54, 1.807) is 0 Å². The number of allylic oxidation sites excluding steroid dienone is 2. The summed E-state index contributed by atoms with van der Waals surface area (Å²) >= 11 is 0. The fourth-order valence-corrected chi connectivity index (χ4v) is 2.40. The van der Waals surface area contributed by atoms with Crippen LogP contribution in [0.1, 0.15) is 52.9 Å². The molecular formula is C14H20O3. The van der Waals surface area contributed by atoms with E-state index in [-0.39, 0.29) is 23.8 Å². The Balaban J connectivity index is 2.95. The van der Waals surface area contributed by atoms with Crippen LogP contribution in [0.3, 0.4) is 0 Å². The molecule has 0 amide bonds. The molecule has 0 radical (unpaired) electrons. The second kappa shape index (κ2) is 5.89. The molecule has 0 spiro atoms. The van der Waals surface area contributed by atoms with Gasteiger partial charge in [-0.1, -0.05) is 19.8 Å². The van der Waals surface area contributed by atoms with E-state index in [0.29, 0.717) is 17.6 Å². The molecule has 0 aromatic heterocycles. The van der Waals surface area contributed by atoms with Crippen molar-refractivity contribution in [2.75, 3.05) is 0 Å². The van der Waals surface area contributed by atoms with Crippen molar-refractivity contribution in [3.8, 4) is 0 Å². The molecule has 3 nitrogen and oxygen atoms in total. The molecule has 94 valence electrons. The molecule has 1 rings (SSSR count). The fourth-order valence-electron chi connectivity index (χ4n) is 2.40. The summed E-state index contributed by atoms with van der Waals surface area (Å²) in [5.74, 6) is -0.681. The summed E-state index contributed by atoms with van der Waals surface area (Å²) in [5, 5.41) is 0. The highest BCUT2D eigenvalue weighted by molar-refractivity contribution is 6.14. The Bertz CT molecular complexity index is 377. The van der Waals surface area contributed by atoms with E-state index < -0.39 is 5.92 Å². The first-order valence-electron chi connectivity index (χ1n) is 6.26. The standard InChI is InChI=1S/C14H20O3/c1-4-5-6-7-11-13(17)8-12(9(2)15)14(11)10(3)16/h12H,4-8H2,1-3H3. The lowest BCUT2D eigenvalue weighted by Gasteiger charge is -2.08. The van der Waals surface area contributed by atoms with Gasteiger partial charge in [-0.25, -0.2) is 0 Å². The monoisotopic (exact) mass is 236 g/mol. The molecule has 0 N–H and O–H groups in total. The molecule has 1 aliphatic carbocycles. The quantitative estimate of drug-likeness (QED) is 0.666. The molecule has 0 fully saturated rings. The number of Topliss-reactive ketones (excluding diaryl/α,β-unsaturated/α-hetero) is 3.